The van der Waals surface area contributed by atoms with Gasteiger partial charge < -0.3 is 10.6 Å². The lowest BCUT2D eigenvalue weighted by molar-refractivity contribution is 1.17. The Morgan fingerprint density at radius 2 is 1.88 bits per heavy atom. The first-order valence-electron chi connectivity index (χ1n) is 6.96. The standard InChI is InChI=1S/C17H11Cl2N5/c18-12-4-5-15(14(19)9-12)23-17-21-7-6-16(24-17)22-13-3-1-2-11(8-13)10-20/h1-9H,(H2,21,22,23,24). The lowest BCUT2D eigenvalue weighted by Crippen LogP contribution is -2.00. The first-order valence-corrected chi connectivity index (χ1v) is 7.72. The highest BCUT2D eigenvalue weighted by atomic mass is 35.5. The number of halogens is 2. The van der Waals surface area contributed by atoms with E-state index in [1.165, 1.54) is 0 Å². The number of anilines is 4. The van der Waals surface area contributed by atoms with Gasteiger partial charge in [0, 0.05) is 16.9 Å². The molecule has 0 aliphatic rings. The van der Waals surface area contributed by atoms with Crippen LogP contribution in [0.2, 0.25) is 10.0 Å². The predicted octanol–water partition coefficient (Wildman–Crippen LogP) is 5.14. The van der Waals surface area contributed by atoms with Gasteiger partial charge in [0.15, 0.2) is 0 Å². The van der Waals surface area contributed by atoms with Gasteiger partial charge >= 0.3 is 0 Å². The smallest absolute Gasteiger partial charge is 0.229 e. The number of benzene rings is 2. The van der Waals surface area contributed by atoms with Gasteiger partial charge in [-0.1, -0.05) is 29.3 Å². The molecule has 5 nitrogen and oxygen atoms in total. The Morgan fingerprint density at radius 1 is 1.00 bits per heavy atom. The van der Waals surface area contributed by atoms with Crippen molar-refractivity contribution in [3.63, 3.8) is 0 Å². The van der Waals surface area contributed by atoms with Gasteiger partial charge in [-0.05, 0) is 42.5 Å². The fraction of sp³-hybridized carbons (Fsp3) is 0. The maximum atomic E-state index is 8.95. The monoisotopic (exact) mass is 355 g/mol. The minimum Gasteiger partial charge on any atom is -0.340 e. The van der Waals surface area contributed by atoms with Gasteiger partial charge in [-0.25, -0.2) is 4.98 Å². The third-order valence-corrected chi connectivity index (χ3v) is 3.65. The number of nitrogens with one attached hydrogen (secondary N) is 2. The Hall–Kier alpha value is -2.81. The zero-order chi connectivity index (χ0) is 16.9. The Labute approximate surface area is 148 Å². The van der Waals surface area contributed by atoms with E-state index in [9.17, 15) is 0 Å². The van der Waals surface area contributed by atoms with Crippen molar-refractivity contribution in [1.82, 2.24) is 9.97 Å². The molecule has 1 heterocycles. The third-order valence-electron chi connectivity index (χ3n) is 3.10. The van der Waals surface area contributed by atoms with E-state index in [0.717, 1.165) is 5.69 Å². The molecule has 1 aromatic heterocycles. The van der Waals surface area contributed by atoms with Gasteiger partial charge in [-0.2, -0.15) is 10.2 Å². The molecule has 0 spiro atoms. The minimum absolute atomic E-state index is 0.390. The lowest BCUT2D eigenvalue weighted by atomic mass is 10.2. The maximum Gasteiger partial charge on any atom is 0.229 e. The maximum absolute atomic E-state index is 8.95. The molecule has 0 bridgehead atoms. The van der Waals surface area contributed by atoms with Gasteiger partial charge in [-0.3, -0.25) is 0 Å². The molecule has 118 valence electrons. The molecular formula is C17H11Cl2N5. The number of nitriles is 1. The zero-order valence-corrected chi connectivity index (χ0v) is 13.8. The second-order valence-corrected chi connectivity index (χ2v) is 5.68. The highest BCUT2D eigenvalue weighted by Gasteiger charge is 2.05. The molecule has 3 aromatic rings. The van der Waals surface area contributed by atoms with Crippen LogP contribution < -0.4 is 10.6 Å². The fourth-order valence-corrected chi connectivity index (χ4v) is 2.47. The van der Waals surface area contributed by atoms with E-state index in [-0.39, 0.29) is 0 Å². The number of hydrogen-bond acceptors (Lipinski definition) is 5. The van der Waals surface area contributed by atoms with E-state index in [1.54, 1.807) is 48.7 Å². The van der Waals surface area contributed by atoms with Crippen LogP contribution in [0.25, 0.3) is 0 Å². The molecule has 0 fully saturated rings. The highest BCUT2D eigenvalue weighted by Crippen LogP contribution is 2.27. The van der Waals surface area contributed by atoms with Crippen LogP contribution in [0.1, 0.15) is 5.56 Å². The SMILES string of the molecule is N#Cc1cccc(Nc2ccnc(Nc3ccc(Cl)cc3Cl)n2)c1. The summed E-state index contributed by atoms with van der Waals surface area (Å²) in [4.78, 5) is 8.54. The van der Waals surface area contributed by atoms with Crippen molar-refractivity contribution in [3.8, 4) is 6.07 Å². The van der Waals surface area contributed by atoms with Crippen molar-refractivity contribution in [1.29, 1.82) is 5.26 Å². The first kappa shape index (κ1) is 16.1. The molecule has 0 aliphatic heterocycles. The van der Waals surface area contributed by atoms with E-state index in [0.29, 0.717) is 33.1 Å². The highest BCUT2D eigenvalue weighted by molar-refractivity contribution is 6.36. The normalized spacial score (nSPS) is 10.0. The van der Waals surface area contributed by atoms with E-state index < -0.39 is 0 Å². The van der Waals surface area contributed by atoms with E-state index >= 15 is 0 Å². The molecule has 0 aliphatic carbocycles. The molecule has 2 aromatic carbocycles. The van der Waals surface area contributed by atoms with Gasteiger partial charge in [-0.15, -0.1) is 0 Å². The number of aromatic nitrogens is 2. The first-order chi connectivity index (χ1) is 11.6. The Bertz CT molecular complexity index is 921. The molecular weight excluding hydrogens is 345 g/mol. The van der Waals surface area contributed by atoms with Crippen LogP contribution in [0.5, 0.6) is 0 Å². The topological polar surface area (TPSA) is 73.6 Å². The number of hydrogen-bond donors (Lipinski definition) is 2. The molecule has 0 saturated carbocycles. The van der Waals surface area contributed by atoms with Crippen molar-refractivity contribution >= 4 is 46.3 Å². The molecule has 0 amide bonds. The average molecular weight is 356 g/mol. The molecule has 3 rings (SSSR count). The van der Waals surface area contributed by atoms with Crippen LogP contribution >= 0.6 is 23.2 Å². The third kappa shape index (κ3) is 3.93. The minimum atomic E-state index is 0.390. The molecule has 24 heavy (non-hydrogen) atoms. The van der Waals surface area contributed by atoms with Crippen LogP contribution in [-0.2, 0) is 0 Å². The van der Waals surface area contributed by atoms with Crippen LogP contribution in [0.4, 0.5) is 23.1 Å². The van der Waals surface area contributed by atoms with E-state index in [2.05, 4.69) is 26.7 Å². The number of rotatable bonds is 4. The summed E-state index contributed by atoms with van der Waals surface area (Å²) in [5.41, 5.74) is 1.99. The van der Waals surface area contributed by atoms with Gasteiger partial charge in [0.1, 0.15) is 5.82 Å². The molecule has 0 radical (unpaired) electrons. The average Bonchev–Trinajstić information content (AvgIpc) is 2.58. The summed E-state index contributed by atoms with van der Waals surface area (Å²) in [5.74, 6) is 0.980. The Balaban J connectivity index is 1.80. The second-order valence-electron chi connectivity index (χ2n) is 4.83. The van der Waals surface area contributed by atoms with E-state index in [1.807, 2.05) is 6.07 Å². The quantitative estimate of drug-likeness (QED) is 0.677. The van der Waals surface area contributed by atoms with Crippen LogP contribution in [0.15, 0.2) is 54.7 Å². The lowest BCUT2D eigenvalue weighted by Gasteiger charge is -2.09. The van der Waals surface area contributed by atoms with Gasteiger partial charge in [0.2, 0.25) is 5.95 Å². The van der Waals surface area contributed by atoms with Crippen molar-refractivity contribution < 1.29 is 0 Å². The summed E-state index contributed by atoms with van der Waals surface area (Å²) in [6, 6.07) is 16.1. The van der Waals surface area contributed by atoms with Gasteiger partial charge in [0.05, 0.1) is 22.3 Å². The Kier molecular flexibility index (Phi) is 4.80. The summed E-state index contributed by atoms with van der Waals surface area (Å²) < 4.78 is 0. The largest absolute Gasteiger partial charge is 0.340 e. The van der Waals surface area contributed by atoms with Crippen molar-refractivity contribution in [2.24, 2.45) is 0 Å². The second kappa shape index (κ2) is 7.18. The van der Waals surface area contributed by atoms with Crippen molar-refractivity contribution in [2.75, 3.05) is 10.6 Å². The van der Waals surface area contributed by atoms with Crippen LogP contribution in [0.3, 0.4) is 0 Å². The van der Waals surface area contributed by atoms with Crippen molar-refractivity contribution in [2.45, 2.75) is 0 Å². The molecule has 7 heteroatoms. The molecule has 0 atom stereocenters. The summed E-state index contributed by atoms with van der Waals surface area (Å²) in [6.07, 6.45) is 1.62. The van der Waals surface area contributed by atoms with Crippen LogP contribution in [-0.4, -0.2) is 9.97 Å². The van der Waals surface area contributed by atoms with Crippen LogP contribution in [0, 0.1) is 11.3 Å². The molecule has 0 unspecified atom stereocenters. The molecule has 0 saturated heterocycles. The summed E-state index contributed by atoms with van der Waals surface area (Å²) >= 11 is 12.0. The summed E-state index contributed by atoms with van der Waals surface area (Å²) in [5, 5.41) is 16.2. The number of nitrogens with zero attached hydrogens (tertiary/aromatic N) is 3. The van der Waals surface area contributed by atoms with Gasteiger partial charge in [0.25, 0.3) is 0 Å². The fourth-order valence-electron chi connectivity index (χ4n) is 2.01. The summed E-state index contributed by atoms with van der Waals surface area (Å²) in [6.45, 7) is 0. The van der Waals surface area contributed by atoms with E-state index in [4.69, 9.17) is 28.5 Å². The van der Waals surface area contributed by atoms with Crippen molar-refractivity contribution in [3.05, 3.63) is 70.3 Å². The predicted molar refractivity (Wildman–Crippen MR) is 96.2 cm³/mol. The zero-order valence-electron chi connectivity index (χ0n) is 12.3. The molecule has 2 N–H and O–H groups in total. The Morgan fingerprint density at radius 3 is 2.67 bits per heavy atom. The summed E-state index contributed by atoms with van der Waals surface area (Å²) in [7, 11) is 0.